The Balaban J connectivity index is 2.05. The average molecular weight is 295 g/mol. The van der Waals surface area contributed by atoms with Crippen molar-refractivity contribution < 1.29 is 14.7 Å². The van der Waals surface area contributed by atoms with E-state index in [9.17, 15) is 14.7 Å². The number of rotatable bonds is 5. The van der Waals surface area contributed by atoms with Crippen LogP contribution >= 0.6 is 11.3 Å². The van der Waals surface area contributed by atoms with E-state index in [1.807, 2.05) is 24.4 Å². The molecule has 0 aromatic carbocycles. The predicted octanol–water partition coefficient (Wildman–Crippen LogP) is 3.30. The van der Waals surface area contributed by atoms with Gasteiger partial charge in [-0.15, -0.1) is 11.3 Å². The molecule has 0 radical (unpaired) electrons. The number of carboxylic acids is 1. The summed E-state index contributed by atoms with van der Waals surface area (Å²) in [5.41, 5.74) is -0.833. The molecular formula is C15H21NO3S. The normalized spacial score (nSPS) is 18.7. The van der Waals surface area contributed by atoms with Crippen LogP contribution in [0.1, 0.15) is 49.9 Å². The second kappa shape index (κ2) is 5.95. The Morgan fingerprint density at radius 3 is 2.60 bits per heavy atom. The van der Waals surface area contributed by atoms with Crippen LogP contribution in [-0.2, 0) is 9.59 Å². The minimum Gasteiger partial charge on any atom is -0.481 e. The van der Waals surface area contributed by atoms with Gasteiger partial charge in [-0.25, -0.2) is 0 Å². The summed E-state index contributed by atoms with van der Waals surface area (Å²) in [4.78, 5) is 26.7. The van der Waals surface area contributed by atoms with Gasteiger partial charge in [-0.05, 0) is 31.2 Å². The summed E-state index contributed by atoms with van der Waals surface area (Å²) >= 11 is 1.61. The summed E-state index contributed by atoms with van der Waals surface area (Å²) in [5.74, 6) is -0.893. The Hall–Kier alpha value is -1.36. The van der Waals surface area contributed by atoms with Crippen molar-refractivity contribution in [1.82, 2.24) is 4.90 Å². The van der Waals surface area contributed by atoms with Crippen LogP contribution < -0.4 is 0 Å². The van der Waals surface area contributed by atoms with Crippen LogP contribution in [0.15, 0.2) is 17.5 Å². The molecule has 1 saturated carbocycles. The molecule has 0 aliphatic heterocycles. The molecule has 4 nitrogen and oxygen atoms in total. The van der Waals surface area contributed by atoms with E-state index >= 15 is 0 Å². The largest absolute Gasteiger partial charge is 0.481 e. The van der Waals surface area contributed by atoms with Crippen molar-refractivity contribution in [3.8, 4) is 0 Å². The molecule has 0 spiro atoms. The zero-order valence-corrected chi connectivity index (χ0v) is 12.8. The third-order valence-electron chi connectivity index (χ3n) is 4.43. The molecule has 1 aliphatic rings. The van der Waals surface area contributed by atoms with Gasteiger partial charge in [0, 0.05) is 18.3 Å². The van der Waals surface area contributed by atoms with Gasteiger partial charge >= 0.3 is 5.97 Å². The van der Waals surface area contributed by atoms with Crippen LogP contribution in [0, 0.1) is 5.41 Å². The first kappa shape index (κ1) is 15.0. The van der Waals surface area contributed by atoms with Crippen LogP contribution in [0.4, 0.5) is 0 Å². The minimum absolute atomic E-state index is 0.00486. The van der Waals surface area contributed by atoms with Crippen LogP contribution in [0.3, 0.4) is 0 Å². The third-order valence-corrected chi connectivity index (χ3v) is 5.48. The van der Waals surface area contributed by atoms with E-state index in [-0.39, 0.29) is 18.4 Å². The van der Waals surface area contributed by atoms with Gasteiger partial charge in [0.15, 0.2) is 0 Å². The zero-order valence-electron chi connectivity index (χ0n) is 12.0. The molecule has 1 heterocycles. The lowest BCUT2D eigenvalue weighted by Gasteiger charge is -2.29. The van der Waals surface area contributed by atoms with Gasteiger partial charge in [-0.3, -0.25) is 9.59 Å². The van der Waals surface area contributed by atoms with E-state index in [1.165, 1.54) is 0 Å². The van der Waals surface area contributed by atoms with Gasteiger partial charge in [-0.2, -0.15) is 0 Å². The quantitative estimate of drug-likeness (QED) is 0.906. The molecule has 1 aliphatic carbocycles. The van der Waals surface area contributed by atoms with Crippen molar-refractivity contribution in [1.29, 1.82) is 0 Å². The van der Waals surface area contributed by atoms with Gasteiger partial charge in [0.25, 0.3) is 0 Å². The van der Waals surface area contributed by atoms with Gasteiger partial charge in [-0.1, -0.05) is 18.9 Å². The van der Waals surface area contributed by atoms with Gasteiger partial charge in [0.1, 0.15) is 0 Å². The number of nitrogens with zero attached hydrogens (tertiary/aromatic N) is 1. The van der Waals surface area contributed by atoms with E-state index in [1.54, 1.807) is 23.3 Å². The Morgan fingerprint density at radius 2 is 2.10 bits per heavy atom. The van der Waals surface area contributed by atoms with Gasteiger partial charge < -0.3 is 10.0 Å². The molecule has 1 aromatic heterocycles. The summed E-state index contributed by atoms with van der Waals surface area (Å²) in [6.45, 7) is 1.98. The molecule has 20 heavy (non-hydrogen) atoms. The molecule has 1 aromatic rings. The summed E-state index contributed by atoms with van der Waals surface area (Å²) in [6, 6.07) is 3.96. The maximum Gasteiger partial charge on any atom is 0.310 e. The molecule has 1 amide bonds. The highest BCUT2D eigenvalue weighted by Crippen LogP contribution is 2.42. The van der Waals surface area contributed by atoms with E-state index in [4.69, 9.17) is 0 Å². The number of carboxylic acid groups (broad SMARTS) is 1. The van der Waals surface area contributed by atoms with Crippen molar-refractivity contribution in [3.63, 3.8) is 0 Å². The van der Waals surface area contributed by atoms with E-state index in [0.717, 1.165) is 17.7 Å². The van der Waals surface area contributed by atoms with Crippen molar-refractivity contribution >= 4 is 23.2 Å². The summed E-state index contributed by atoms with van der Waals surface area (Å²) in [6.07, 6.45) is 3.17. The lowest BCUT2D eigenvalue weighted by atomic mass is 9.82. The second-order valence-corrected chi connectivity index (χ2v) is 6.64. The predicted molar refractivity (Wildman–Crippen MR) is 78.7 cm³/mol. The first-order valence-corrected chi connectivity index (χ1v) is 7.87. The smallest absolute Gasteiger partial charge is 0.310 e. The standard InChI is InChI=1S/C15H21NO3S/c1-11(12-6-5-9-20-12)16(2)13(17)10-15(14(18)19)7-3-4-8-15/h5-6,9,11H,3-4,7-8,10H2,1-2H3,(H,18,19). The van der Waals surface area contributed by atoms with Crippen molar-refractivity contribution in [2.75, 3.05) is 7.05 Å². The molecule has 110 valence electrons. The summed E-state index contributed by atoms with van der Waals surface area (Å²) < 4.78 is 0. The highest BCUT2D eigenvalue weighted by molar-refractivity contribution is 7.10. The van der Waals surface area contributed by atoms with Crippen LogP contribution in [0.5, 0.6) is 0 Å². The highest BCUT2D eigenvalue weighted by Gasteiger charge is 2.43. The zero-order chi connectivity index (χ0) is 14.8. The molecule has 1 atom stereocenters. The maximum absolute atomic E-state index is 12.4. The number of carbonyl (C=O) groups is 2. The minimum atomic E-state index is -0.833. The molecule has 5 heteroatoms. The lowest BCUT2D eigenvalue weighted by molar-refractivity contribution is -0.153. The number of amides is 1. The van der Waals surface area contributed by atoms with Crippen molar-refractivity contribution in [2.45, 2.75) is 45.1 Å². The highest BCUT2D eigenvalue weighted by atomic mass is 32.1. The van der Waals surface area contributed by atoms with Crippen molar-refractivity contribution in [3.05, 3.63) is 22.4 Å². The number of thiophene rings is 1. The van der Waals surface area contributed by atoms with Crippen LogP contribution in [0.2, 0.25) is 0 Å². The molecular weight excluding hydrogens is 274 g/mol. The fraction of sp³-hybridized carbons (Fsp3) is 0.600. The molecule has 1 fully saturated rings. The third kappa shape index (κ3) is 2.87. The number of aliphatic carboxylic acids is 1. The van der Waals surface area contributed by atoms with Gasteiger partial charge in [0.05, 0.1) is 11.5 Å². The SMILES string of the molecule is CC(c1cccs1)N(C)C(=O)CC1(C(=O)O)CCCC1. The summed E-state index contributed by atoms with van der Waals surface area (Å²) in [5, 5.41) is 11.4. The Morgan fingerprint density at radius 1 is 1.45 bits per heavy atom. The number of carbonyl (C=O) groups excluding carboxylic acids is 1. The monoisotopic (exact) mass is 295 g/mol. The second-order valence-electron chi connectivity index (χ2n) is 5.67. The Labute approximate surface area is 123 Å². The van der Waals surface area contributed by atoms with E-state index < -0.39 is 11.4 Å². The summed E-state index contributed by atoms with van der Waals surface area (Å²) in [7, 11) is 1.76. The maximum atomic E-state index is 12.4. The first-order chi connectivity index (χ1) is 9.46. The van der Waals surface area contributed by atoms with Crippen LogP contribution in [-0.4, -0.2) is 28.9 Å². The van der Waals surface area contributed by atoms with Crippen molar-refractivity contribution in [2.24, 2.45) is 5.41 Å². The molecule has 2 rings (SSSR count). The van der Waals surface area contributed by atoms with E-state index in [0.29, 0.717) is 12.8 Å². The average Bonchev–Trinajstić information content (AvgIpc) is 3.08. The Bertz CT molecular complexity index is 477. The Kier molecular flexibility index (Phi) is 4.48. The molecule has 0 saturated heterocycles. The fourth-order valence-electron chi connectivity index (χ4n) is 2.87. The van der Waals surface area contributed by atoms with E-state index in [2.05, 4.69) is 0 Å². The molecule has 1 unspecified atom stereocenters. The lowest BCUT2D eigenvalue weighted by Crippen LogP contribution is -2.37. The topological polar surface area (TPSA) is 57.6 Å². The number of hydrogen-bond donors (Lipinski definition) is 1. The first-order valence-electron chi connectivity index (χ1n) is 6.99. The fourth-order valence-corrected chi connectivity index (χ4v) is 3.69. The van der Waals surface area contributed by atoms with Crippen LogP contribution in [0.25, 0.3) is 0 Å². The molecule has 1 N–H and O–H groups in total. The molecule has 0 bridgehead atoms. The van der Waals surface area contributed by atoms with Gasteiger partial charge in [0.2, 0.25) is 5.91 Å². The number of hydrogen-bond acceptors (Lipinski definition) is 3.